The van der Waals surface area contributed by atoms with Crippen LogP contribution in [0.1, 0.15) is 70.9 Å². The van der Waals surface area contributed by atoms with Crippen molar-refractivity contribution in [2.24, 2.45) is 17.1 Å². The molecule has 2 aromatic rings. The van der Waals surface area contributed by atoms with Gasteiger partial charge in [-0.15, -0.1) is 0 Å². The smallest absolute Gasteiger partial charge is 0.410 e. The number of piperidine rings is 1. The van der Waals surface area contributed by atoms with Crippen LogP contribution in [-0.4, -0.2) is 59.8 Å². The van der Waals surface area contributed by atoms with Crippen LogP contribution in [-0.2, 0) is 9.53 Å². The van der Waals surface area contributed by atoms with Crippen LogP contribution < -0.4 is 15.2 Å². The highest BCUT2D eigenvalue weighted by Crippen LogP contribution is 2.43. The van der Waals surface area contributed by atoms with Crippen LogP contribution in [0.25, 0.3) is 10.9 Å². The van der Waals surface area contributed by atoms with E-state index in [0.29, 0.717) is 43.3 Å². The van der Waals surface area contributed by atoms with E-state index in [2.05, 4.69) is 30.7 Å². The number of primary amides is 1. The topological polar surface area (TPSA) is 117 Å². The molecule has 9 heteroatoms. The summed E-state index contributed by atoms with van der Waals surface area (Å²) in [7, 11) is 3.20. The van der Waals surface area contributed by atoms with E-state index in [4.69, 9.17) is 19.9 Å². The van der Waals surface area contributed by atoms with Crippen molar-refractivity contribution in [2.75, 3.05) is 27.3 Å². The maximum absolute atomic E-state index is 13.1. The van der Waals surface area contributed by atoms with Crippen LogP contribution in [0.15, 0.2) is 18.5 Å². The van der Waals surface area contributed by atoms with Gasteiger partial charge in [0.05, 0.1) is 25.4 Å². The van der Waals surface area contributed by atoms with Gasteiger partial charge in [0.1, 0.15) is 6.33 Å². The first-order valence-electron chi connectivity index (χ1n) is 12.7. The normalized spacial score (nSPS) is 23.4. The molecule has 2 aliphatic rings. The van der Waals surface area contributed by atoms with Crippen molar-refractivity contribution in [3.63, 3.8) is 0 Å². The van der Waals surface area contributed by atoms with Crippen molar-refractivity contribution in [1.29, 1.82) is 0 Å². The van der Waals surface area contributed by atoms with Gasteiger partial charge in [0.25, 0.3) is 5.91 Å². The lowest BCUT2D eigenvalue weighted by atomic mass is 9.68. The van der Waals surface area contributed by atoms with Gasteiger partial charge in [-0.1, -0.05) is 20.8 Å². The highest BCUT2D eigenvalue weighted by atomic mass is 16.6. The molecule has 0 atom stereocenters. The number of ether oxygens (including phenoxy) is 3. The SMILES string of the molecule is COc1cc2ncnc(C3CCN(C(=O)OC4(C(N)=O)CCC(C(C)(C)C)CC4)CC3)c2cc1OC. The zero-order valence-corrected chi connectivity index (χ0v) is 22.0. The van der Waals surface area contributed by atoms with Crippen LogP contribution in [0.5, 0.6) is 11.5 Å². The first-order valence-corrected chi connectivity index (χ1v) is 12.7. The van der Waals surface area contributed by atoms with Gasteiger partial charge in [-0.25, -0.2) is 14.8 Å². The largest absolute Gasteiger partial charge is 0.493 e. The van der Waals surface area contributed by atoms with Crippen LogP contribution >= 0.6 is 0 Å². The van der Waals surface area contributed by atoms with Crippen molar-refractivity contribution >= 4 is 22.9 Å². The molecule has 4 rings (SSSR count). The van der Waals surface area contributed by atoms with Crippen molar-refractivity contribution in [2.45, 2.75) is 70.8 Å². The van der Waals surface area contributed by atoms with Crippen molar-refractivity contribution in [3.8, 4) is 11.5 Å². The molecule has 1 aromatic carbocycles. The van der Waals surface area contributed by atoms with Crippen LogP contribution in [0.3, 0.4) is 0 Å². The Kier molecular flexibility index (Phi) is 7.29. The molecule has 1 saturated heterocycles. The first-order chi connectivity index (χ1) is 17.1. The van der Waals surface area contributed by atoms with E-state index < -0.39 is 17.6 Å². The lowest BCUT2D eigenvalue weighted by molar-refractivity contribution is -0.143. The van der Waals surface area contributed by atoms with Crippen LogP contribution in [0.2, 0.25) is 0 Å². The second-order valence-electron chi connectivity index (χ2n) is 11.1. The van der Waals surface area contributed by atoms with Gasteiger partial charge in [-0.2, -0.15) is 0 Å². The third kappa shape index (κ3) is 5.06. The molecular weight excluding hydrogens is 460 g/mol. The fourth-order valence-electron chi connectivity index (χ4n) is 5.64. The number of benzene rings is 1. The number of carbonyl (C=O) groups excluding carboxylic acids is 2. The number of fused-ring (bicyclic) bond motifs is 1. The van der Waals surface area contributed by atoms with Gasteiger partial charge in [0, 0.05) is 30.5 Å². The number of nitrogens with two attached hydrogens (primary N) is 1. The molecule has 1 aliphatic heterocycles. The number of nitrogens with zero attached hydrogens (tertiary/aromatic N) is 3. The molecule has 0 radical (unpaired) electrons. The van der Waals surface area contributed by atoms with Crippen molar-refractivity contribution in [1.82, 2.24) is 14.9 Å². The van der Waals surface area contributed by atoms with E-state index in [9.17, 15) is 9.59 Å². The molecule has 2 fully saturated rings. The second-order valence-corrected chi connectivity index (χ2v) is 11.1. The number of hydrogen-bond acceptors (Lipinski definition) is 7. The lowest BCUT2D eigenvalue weighted by Crippen LogP contribution is -2.53. The molecule has 0 bridgehead atoms. The van der Waals surface area contributed by atoms with Gasteiger partial charge in [-0.3, -0.25) is 4.79 Å². The summed E-state index contributed by atoms with van der Waals surface area (Å²) in [5.41, 5.74) is 6.42. The molecule has 2 heterocycles. The first kappa shape index (κ1) is 26.0. The average Bonchev–Trinajstić information content (AvgIpc) is 2.87. The summed E-state index contributed by atoms with van der Waals surface area (Å²) in [6.07, 6.45) is 5.15. The zero-order chi connectivity index (χ0) is 26.1. The number of methoxy groups -OCH3 is 2. The lowest BCUT2D eigenvalue weighted by Gasteiger charge is -2.42. The van der Waals surface area contributed by atoms with Crippen LogP contribution in [0, 0.1) is 11.3 Å². The molecular formula is C27H38N4O5. The van der Waals surface area contributed by atoms with E-state index >= 15 is 0 Å². The summed E-state index contributed by atoms with van der Waals surface area (Å²) >= 11 is 0. The van der Waals surface area contributed by atoms with E-state index in [0.717, 1.165) is 42.3 Å². The molecule has 1 saturated carbocycles. The summed E-state index contributed by atoms with van der Waals surface area (Å²) in [6, 6.07) is 3.76. The molecule has 2 amide bonds. The fraction of sp³-hybridized carbons (Fsp3) is 0.630. The van der Waals surface area contributed by atoms with Crippen LogP contribution in [0.4, 0.5) is 4.79 Å². The Labute approximate surface area is 212 Å². The Morgan fingerprint density at radius 1 is 1.00 bits per heavy atom. The highest BCUT2D eigenvalue weighted by Gasteiger charge is 2.47. The molecule has 2 N–H and O–H groups in total. The zero-order valence-electron chi connectivity index (χ0n) is 22.0. The number of amides is 2. The van der Waals surface area contributed by atoms with Gasteiger partial charge < -0.3 is 24.8 Å². The van der Waals surface area contributed by atoms with Crippen molar-refractivity contribution in [3.05, 3.63) is 24.2 Å². The van der Waals surface area contributed by atoms with E-state index in [1.807, 2.05) is 12.1 Å². The average molecular weight is 499 g/mol. The minimum absolute atomic E-state index is 0.149. The van der Waals surface area contributed by atoms with E-state index in [1.54, 1.807) is 25.4 Å². The quantitative estimate of drug-likeness (QED) is 0.648. The Balaban J connectivity index is 1.43. The Bertz CT molecular complexity index is 1110. The summed E-state index contributed by atoms with van der Waals surface area (Å²) < 4.78 is 16.7. The number of hydrogen-bond donors (Lipinski definition) is 1. The number of carbonyl (C=O) groups is 2. The maximum Gasteiger partial charge on any atom is 0.410 e. The molecule has 0 spiro atoms. The number of likely N-dealkylation sites (tertiary alicyclic amines) is 1. The summed E-state index contributed by atoms with van der Waals surface area (Å²) in [5.74, 6) is 1.33. The van der Waals surface area contributed by atoms with Gasteiger partial charge in [0.2, 0.25) is 0 Å². The maximum atomic E-state index is 13.1. The molecule has 196 valence electrons. The molecule has 9 nitrogen and oxygen atoms in total. The molecule has 1 aromatic heterocycles. The van der Waals surface area contributed by atoms with Gasteiger partial charge in [0.15, 0.2) is 17.1 Å². The van der Waals surface area contributed by atoms with Gasteiger partial charge in [-0.05, 0) is 55.9 Å². The Morgan fingerprint density at radius 3 is 2.17 bits per heavy atom. The predicted molar refractivity (Wildman–Crippen MR) is 136 cm³/mol. The van der Waals surface area contributed by atoms with Gasteiger partial charge >= 0.3 is 6.09 Å². The molecule has 0 unspecified atom stereocenters. The predicted octanol–water partition coefficient (Wildman–Crippen LogP) is 4.42. The fourth-order valence-corrected chi connectivity index (χ4v) is 5.64. The minimum atomic E-state index is -1.21. The monoisotopic (exact) mass is 498 g/mol. The van der Waals surface area contributed by atoms with E-state index in [-0.39, 0.29) is 11.3 Å². The summed E-state index contributed by atoms with van der Waals surface area (Å²) in [6.45, 7) is 7.65. The Hall–Kier alpha value is -3.10. The molecule has 1 aliphatic carbocycles. The third-order valence-corrected chi connectivity index (χ3v) is 8.06. The number of rotatable bonds is 5. The van der Waals surface area contributed by atoms with Crippen molar-refractivity contribution < 1.29 is 23.8 Å². The van der Waals surface area contributed by atoms with E-state index in [1.165, 1.54) is 0 Å². The second kappa shape index (κ2) is 10.1. The highest BCUT2D eigenvalue weighted by molar-refractivity contribution is 5.87. The summed E-state index contributed by atoms with van der Waals surface area (Å²) in [4.78, 5) is 36.2. The standard InChI is InChI=1S/C27H38N4O5/c1-26(2,3)18-6-10-27(11-7-18,24(28)32)36-25(33)31-12-8-17(9-13-31)23-19-14-21(34-4)22(35-5)15-20(19)29-16-30-23/h14-18H,6-13H2,1-5H3,(H2,28,32). The number of aromatic nitrogens is 2. The third-order valence-electron chi connectivity index (χ3n) is 8.06. The molecule has 36 heavy (non-hydrogen) atoms. The minimum Gasteiger partial charge on any atom is -0.493 e. The summed E-state index contributed by atoms with van der Waals surface area (Å²) in [5, 5.41) is 0.916. The Morgan fingerprint density at radius 2 is 1.61 bits per heavy atom.